The molecule has 2 heterocycles. The second-order valence-corrected chi connectivity index (χ2v) is 7.92. The van der Waals surface area contributed by atoms with Crippen LogP contribution in [0.5, 0.6) is 0 Å². The zero-order chi connectivity index (χ0) is 19.4. The molecule has 0 spiro atoms. The normalized spacial score (nSPS) is 15.9. The molecular weight excluding hydrogens is 418 g/mol. The lowest BCUT2D eigenvalue weighted by Gasteiger charge is -2.36. The number of carbonyl (C=O) groups excluding carboxylic acids is 1. The first-order chi connectivity index (χ1) is 13.7. The molecule has 2 aromatic carbocycles. The smallest absolute Gasteiger partial charge is 0.231 e. The van der Waals surface area contributed by atoms with Gasteiger partial charge in [0.05, 0.1) is 11.1 Å². The van der Waals surface area contributed by atoms with Crippen molar-refractivity contribution in [3.05, 3.63) is 82.6 Å². The number of ether oxygens (including phenoxy) is 1. The molecule has 1 fully saturated rings. The summed E-state index contributed by atoms with van der Waals surface area (Å²) in [5.74, 6) is 0.0641. The van der Waals surface area contributed by atoms with Gasteiger partial charge in [-0.2, -0.15) is 5.10 Å². The zero-order valence-corrected chi connectivity index (χ0v) is 17.1. The molecule has 0 saturated carbocycles. The monoisotopic (exact) mass is 439 g/mol. The van der Waals surface area contributed by atoms with E-state index < -0.39 is 5.41 Å². The highest BCUT2D eigenvalue weighted by Crippen LogP contribution is 2.36. The summed E-state index contributed by atoms with van der Waals surface area (Å²) < 4.78 is 8.36. The van der Waals surface area contributed by atoms with Gasteiger partial charge in [0, 0.05) is 36.6 Å². The third-order valence-corrected chi connectivity index (χ3v) is 5.86. The first kappa shape index (κ1) is 18.9. The van der Waals surface area contributed by atoms with Gasteiger partial charge in [0.2, 0.25) is 5.91 Å². The fourth-order valence-corrected chi connectivity index (χ4v) is 3.94. The lowest BCUT2D eigenvalue weighted by atomic mass is 9.73. The number of hydrogen-bond donors (Lipinski definition) is 1. The number of carbonyl (C=O) groups is 1. The Morgan fingerprint density at radius 3 is 2.46 bits per heavy atom. The quantitative estimate of drug-likeness (QED) is 0.653. The van der Waals surface area contributed by atoms with Crippen LogP contribution in [0, 0.1) is 0 Å². The Labute approximate surface area is 172 Å². The molecule has 144 valence electrons. The maximum atomic E-state index is 13.2. The van der Waals surface area contributed by atoms with Crippen LogP contribution in [0.3, 0.4) is 0 Å². The van der Waals surface area contributed by atoms with Gasteiger partial charge in [0.25, 0.3) is 0 Å². The summed E-state index contributed by atoms with van der Waals surface area (Å²) in [6.07, 6.45) is 5.05. The molecular formula is C22H22BrN3O2. The van der Waals surface area contributed by atoms with Gasteiger partial charge in [0.15, 0.2) is 0 Å². The Morgan fingerprint density at radius 1 is 1.11 bits per heavy atom. The summed E-state index contributed by atoms with van der Waals surface area (Å²) in [7, 11) is 0. The van der Waals surface area contributed by atoms with E-state index in [1.54, 1.807) is 6.20 Å². The van der Waals surface area contributed by atoms with Crippen LogP contribution in [0.1, 0.15) is 24.0 Å². The van der Waals surface area contributed by atoms with Crippen LogP contribution >= 0.6 is 15.9 Å². The van der Waals surface area contributed by atoms with E-state index in [1.807, 2.05) is 65.5 Å². The van der Waals surface area contributed by atoms with E-state index in [0.29, 0.717) is 32.6 Å². The highest BCUT2D eigenvalue weighted by molar-refractivity contribution is 9.10. The lowest BCUT2D eigenvalue weighted by molar-refractivity contribution is -0.130. The van der Waals surface area contributed by atoms with Crippen molar-refractivity contribution >= 4 is 21.8 Å². The first-order valence-electron chi connectivity index (χ1n) is 9.38. The molecule has 3 aromatic rings. The van der Waals surface area contributed by atoms with Gasteiger partial charge in [-0.3, -0.25) is 4.79 Å². The van der Waals surface area contributed by atoms with Crippen LogP contribution in [0.15, 0.2) is 71.5 Å². The average Bonchev–Trinajstić information content (AvgIpc) is 3.28. The molecule has 6 heteroatoms. The molecule has 1 aliphatic heterocycles. The number of aromatic nitrogens is 2. The molecule has 5 nitrogen and oxygen atoms in total. The van der Waals surface area contributed by atoms with Gasteiger partial charge in [-0.15, -0.1) is 0 Å². The number of rotatable bonds is 5. The van der Waals surface area contributed by atoms with Crippen molar-refractivity contribution in [1.82, 2.24) is 15.1 Å². The Morgan fingerprint density at radius 2 is 1.82 bits per heavy atom. The van der Waals surface area contributed by atoms with Gasteiger partial charge in [-0.05, 0) is 54.3 Å². The van der Waals surface area contributed by atoms with Crippen LogP contribution in [0.25, 0.3) is 5.69 Å². The summed E-state index contributed by atoms with van der Waals surface area (Å²) in [6, 6.07) is 18.0. The summed E-state index contributed by atoms with van der Waals surface area (Å²) in [5, 5.41) is 7.38. The predicted molar refractivity (Wildman–Crippen MR) is 111 cm³/mol. The number of hydrogen-bond acceptors (Lipinski definition) is 3. The van der Waals surface area contributed by atoms with Crippen molar-refractivity contribution in [2.75, 3.05) is 13.2 Å². The standard InChI is InChI=1S/C22H22BrN3O2/c23-19-6-4-18(5-7-19)22(10-14-28-15-11-22)21(27)24-16-17-2-8-20(9-3-17)26-13-1-12-25-26/h1-9,12-13H,10-11,14-16H2,(H,24,27). The minimum Gasteiger partial charge on any atom is -0.381 e. The molecule has 4 rings (SSSR count). The average molecular weight is 440 g/mol. The zero-order valence-electron chi connectivity index (χ0n) is 15.5. The third kappa shape index (κ3) is 3.88. The Balaban J connectivity index is 1.48. The molecule has 1 amide bonds. The number of nitrogens with zero attached hydrogens (tertiary/aromatic N) is 2. The summed E-state index contributed by atoms with van der Waals surface area (Å²) in [6.45, 7) is 1.70. The van der Waals surface area contributed by atoms with Crippen molar-refractivity contribution in [2.24, 2.45) is 0 Å². The number of halogens is 1. The van der Waals surface area contributed by atoms with E-state index in [4.69, 9.17) is 4.74 Å². The molecule has 28 heavy (non-hydrogen) atoms. The molecule has 1 saturated heterocycles. The second-order valence-electron chi connectivity index (χ2n) is 7.00. The van der Waals surface area contributed by atoms with Gasteiger partial charge >= 0.3 is 0 Å². The minimum atomic E-state index is -0.534. The maximum Gasteiger partial charge on any atom is 0.231 e. The number of benzene rings is 2. The Hall–Kier alpha value is -2.44. The minimum absolute atomic E-state index is 0.0641. The van der Waals surface area contributed by atoms with Crippen molar-refractivity contribution < 1.29 is 9.53 Å². The molecule has 0 radical (unpaired) electrons. The highest BCUT2D eigenvalue weighted by atomic mass is 79.9. The maximum absolute atomic E-state index is 13.2. The molecule has 0 aliphatic carbocycles. The number of amides is 1. The van der Waals surface area contributed by atoms with E-state index >= 15 is 0 Å². The number of nitrogens with one attached hydrogen (secondary N) is 1. The predicted octanol–water partition coefficient (Wildman–Crippen LogP) is 4.00. The van der Waals surface area contributed by atoms with E-state index in [2.05, 4.69) is 26.3 Å². The van der Waals surface area contributed by atoms with Crippen molar-refractivity contribution in [3.63, 3.8) is 0 Å². The molecule has 1 N–H and O–H groups in total. The topological polar surface area (TPSA) is 56.2 Å². The summed E-state index contributed by atoms with van der Waals surface area (Å²) in [4.78, 5) is 13.2. The molecule has 0 atom stereocenters. The fraction of sp³-hybridized carbons (Fsp3) is 0.273. The SMILES string of the molecule is O=C(NCc1ccc(-n2cccn2)cc1)C1(c2ccc(Br)cc2)CCOCC1. The Kier molecular flexibility index (Phi) is 5.59. The summed E-state index contributed by atoms with van der Waals surface area (Å²) >= 11 is 3.47. The van der Waals surface area contributed by atoms with Gasteiger partial charge in [-0.1, -0.05) is 40.2 Å². The van der Waals surface area contributed by atoms with E-state index in [9.17, 15) is 4.79 Å². The molecule has 1 aromatic heterocycles. The van der Waals surface area contributed by atoms with Gasteiger partial charge in [0.1, 0.15) is 0 Å². The fourth-order valence-electron chi connectivity index (χ4n) is 3.68. The molecule has 1 aliphatic rings. The van der Waals surface area contributed by atoms with Crippen LogP contribution in [0.4, 0.5) is 0 Å². The van der Waals surface area contributed by atoms with E-state index in [1.165, 1.54) is 0 Å². The van der Waals surface area contributed by atoms with Crippen molar-refractivity contribution in [3.8, 4) is 5.69 Å². The van der Waals surface area contributed by atoms with Crippen molar-refractivity contribution in [2.45, 2.75) is 24.8 Å². The second kappa shape index (κ2) is 8.29. The van der Waals surface area contributed by atoms with E-state index in [-0.39, 0.29) is 5.91 Å². The van der Waals surface area contributed by atoms with Crippen LogP contribution < -0.4 is 5.32 Å². The largest absolute Gasteiger partial charge is 0.381 e. The van der Waals surface area contributed by atoms with Crippen LogP contribution in [-0.4, -0.2) is 28.9 Å². The van der Waals surface area contributed by atoms with Crippen molar-refractivity contribution in [1.29, 1.82) is 0 Å². The van der Waals surface area contributed by atoms with Crippen LogP contribution in [-0.2, 0) is 21.5 Å². The van der Waals surface area contributed by atoms with Gasteiger partial charge in [-0.25, -0.2) is 4.68 Å². The molecule has 0 bridgehead atoms. The Bertz CT molecular complexity index is 915. The molecule has 0 unspecified atom stereocenters. The van der Waals surface area contributed by atoms with Crippen LogP contribution in [0.2, 0.25) is 0 Å². The third-order valence-electron chi connectivity index (χ3n) is 5.34. The lowest BCUT2D eigenvalue weighted by Crippen LogP contribution is -2.47. The highest BCUT2D eigenvalue weighted by Gasteiger charge is 2.41. The first-order valence-corrected chi connectivity index (χ1v) is 10.2. The summed E-state index contributed by atoms with van der Waals surface area (Å²) in [5.41, 5.74) is 2.57. The van der Waals surface area contributed by atoms with Gasteiger partial charge < -0.3 is 10.1 Å². The van der Waals surface area contributed by atoms with E-state index in [0.717, 1.165) is 21.3 Å².